The van der Waals surface area contributed by atoms with Gasteiger partial charge in [-0.15, -0.1) is 6.92 Å². The molecule has 2 heteroatoms. The van der Waals surface area contributed by atoms with Crippen molar-refractivity contribution in [2.75, 3.05) is 0 Å². The molecule has 0 bridgehead atoms. The summed E-state index contributed by atoms with van der Waals surface area (Å²) in [6.45, 7) is 16.5. The summed E-state index contributed by atoms with van der Waals surface area (Å²) in [7, 11) is 0. The Morgan fingerprint density at radius 1 is 0.750 bits per heavy atom. The first kappa shape index (κ1) is 20.0. The molecule has 0 heterocycles. The van der Waals surface area contributed by atoms with Crippen molar-refractivity contribution in [3.63, 3.8) is 0 Å². The second-order valence-corrected chi connectivity index (χ2v) is 7.03. The van der Waals surface area contributed by atoms with E-state index in [1.165, 1.54) is 0 Å². The van der Waals surface area contributed by atoms with E-state index in [1.807, 2.05) is 0 Å². The Morgan fingerprint density at radius 2 is 1.00 bits per heavy atom. The molecule has 1 aliphatic rings. The monoisotopic (exact) mass is 334 g/mol. The molecule has 1 rings (SSSR count). The van der Waals surface area contributed by atoms with Crippen LogP contribution in [0, 0.1) is 41.4 Å². The summed E-state index contributed by atoms with van der Waals surface area (Å²) < 4.78 is 0. The molecule has 2 atom stereocenters. The Hall–Kier alpha value is 1.69. The van der Waals surface area contributed by atoms with Crippen molar-refractivity contribution >= 4 is 0 Å². The minimum absolute atomic E-state index is 0. The smallest absolute Gasteiger partial charge is 0 e. The normalized spacial score (nSPS) is 30.6. The van der Waals surface area contributed by atoms with Crippen LogP contribution in [0.15, 0.2) is 0 Å². The van der Waals surface area contributed by atoms with Crippen molar-refractivity contribution in [2.24, 2.45) is 28.6 Å². The molecule has 1 saturated carbocycles. The fourth-order valence-electron chi connectivity index (χ4n) is 2.61. The predicted octanol–water partition coefficient (Wildman–Crippen LogP) is 4.36. The van der Waals surface area contributed by atoms with Gasteiger partial charge < -0.3 is 18.8 Å². The average Bonchev–Trinajstić information content (AvgIpc) is 2.27. The van der Waals surface area contributed by atoms with Gasteiger partial charge in [-0.25, -0.2) is 0 Å². The Kier molecular flexibility index (Phi) is 8.43. The molecule has 0 saturated heterocycles. The molecule has 2 radical (unpaired) electrons. The van der Waals surface area contributed by atoms with Gasteiger partial charge in [0.2, 0.25) is 0 Å². The topological polar surface area (TPSA) is 0 Å². The van der Waals surface area contributed by atoms with E-state index in [0.29, 0.717) is 16.7 Å². The molecule has 0 aromatic carbocycles. The Balaban J connectivity index is 0. The molecule has 0 aromatic heterocycles. The molecule has 1 fully saturated rings. The van der Waals surface area contributed by atoms with E-state index >= 15 is 0 Å². The van der Waals surface area contributed by atoms with E-state index in [-0.39, 0.29) is 51.3 Å². The van der Waals surface area contributed by atoms with Gasteiger partial charge in [0, 0.05) is 51.3 Å². The van der Waals surface area contributed by atoms with Gasteiger partial charge in [-0.3, -0.25) is 0 Å². The van der Waals surface area contributed by atoms with Crippen LogP contribution in [0.4, 0.5) is 0 Å². The van der Waals surface area contributed by atoms with E-state index in [1.54, 1.807) is 0 Å². The van der Waals surface area contributed by atoms with Crippen LogP contribution in [0.2, 0.25) is 0 Å². The Labute approximate surface area is 140 Å². The minimum atomic E-state index is 0. The van der Waals surface area contributed by atoms with Crippen molar-refractivity contribution < 1.29 is 51.3 Å². The number of hydrogen-bond acceptors (Lipinski definition) is 0. The maximum absolute atomic E-state index is 2.54. The van der Waals surface area contributed by atoms with E-state index < -0.39 is 0 Å². The van der Waals surface area contributed by atoms with Crippen molar-refractivity contribution in [3.8, 4) is 0 Å². The largest absolute Gasteiger partial charge is 0.353 e. The van der Waals surface area contributed by atoms with E-state index in [0.717, 1.165) is 11.8 Å². The quantitative estimate of drug-likeness (QED) is 0.577. The standard InChI is InChI=1S/C14H26.V.Y/c1-10-8-11(13(2,3)4)12(9-10)14(5,6)7;;/h8-12H,1-7H3;;/q-2;;. The molecule has 0 aromatic rings. The summed E-state index contributed by atoms with van der Waals surface area (Å²) in [4.78, 5) is 0. The van der Waals surface area contributed by atoms with Gasteiger partial charge in [-0.1, -0.05) is 52.4 Å². The predicted molar refractivity (Wildman–Crippen MR) is 63.7 cm³/mol. The third-order valence-electron chi connectivity index (χ3n) is 3.41. The van der Waals surface area contributed by atoms with Crippen LogP contribution in [0.1, 0.15) is 48.5 Å². The third kappa shape index (κ3) is 5.13. The first-order chi connectivity index (χ1) is 6.12. The maximum Gasteiger partial charge on any atom is 0 e. The Bertz CT molecular complexity index is 178. The molecule has 2 unspecified atom stereocenters. The fraction of sp³-hybridized carbons (Fsp3) is 0.857. The van der Waals surface area contributed by atoms with Crippen LogP contribution >= 0.6 is 0 Å². The zero-order chi connectivity index (χ0) is 11.1. The molecular weight excluding hydrogens is 308 g/mol. The molecule has 1 aliphatic carbocycles. The first-order valence-electron chi connectivity index (χ1n) is 5.82. The van der Waals surface area contributed by atoms with E-state index in [4.69, 9.17) is 0 Å². The van der Waals surface area contributed by atoms with Crippen LogP contribution < -0.4 is 0 Å². The third-order valence-corrected chi connectivity index (χ3v) is 3.41. The summed E-state index contributed by atoms with van der Waals surface area (Å²) >= 11 is 0. The molecule has 0 nitrogen and oxygen atoms in total. The summed E-state index contributed by atoms with van der Waals surface area (Å²) in [6, 6.07) is 0. The molecule has 0 N–H and O–H groups in total. The van der Waals surface area contributed by atoms with Crippen LogP contribution in [0.3, 0.4) is 0 Å². The minimum Gasteiger partial charge on any atom is -0.353 e. The van der Waals surface area contributed by atoms with Crippen LogP contribution in [0.5, 0.6) is 0 Å². The van der Waals surface area contributed by atoms with E-state index in [2.05, 4.69) is 61.3 Å². The zero-order valence-corrected chi connectivity index (χ0v) is 16.1. The second kappa shape index (κ2) is 6.74. The summed E-state index contributed by atoms with van der Waals surface area (Å²) in [5.41, 5.74) is 0.804. The molecular formula is C14H26VY-2. The van der Waals surface area contributed by atoms with E-state index in [9.17, 15) is 0 Å². The van der Waals surface area contributed by atoms with Gasteiger partial charge in [-0.05, 0) is 0 Å². The molecule has 92 valence electrons. The van der Waals surface area contributed by atoms with Crippen LogP contribution in [-0.2, 0) is 51.3 Å². The van der Waals surface area contributed by atoms with Crippen molar-refractivity contribution in [2.45, 2.75) is 48.5 Å². The average molecular weight is 334 g/mol. The Morgan fingerprint density at radius 3 is 1.19 bits per heavy atom. The number of rotatable bonds is 0. The van der Waals surface area contributed by atoms with Crippen molar-refractivity contribution in [1.82, 2.24) is 0 Å². The second-order valence-electron chi connectivity index (χ2n) is 7.03. The van der Waals surface area contributed by atoms with Gasteiger partial charge in [0.15, 0.2) is 0 Å². The maximum atomic E-state index is 2.54. The van der Waals surface area contributed by atoms with Crippen LogP contribution in [-0.4, -0.2) is 0 Å². The molecule has 0 aliphatic heterocycles. The molecule has 0 spiro atoms. The van der Waals surface area contributed by atoms with Crippen molar-refractivity contribution in [1.29, 1.82) is 0 Å². The van der Waals surface area contributed by atoms with Gasteiger partial charge in [0.25, 0.3) is 0 Å². The van der Waals surface area contributed by atoms with Crippen molar-refractivity contribution in [3.05, 3.63) is 12.8 Å². The SMILES string of the molecule is CC1[CH-]C(C(C)(C)C)C(C(C)(C)C)[CH-]1.[V].[Y]. The summed E-state index contributed by atoms with van der Waals surface area (Å²) in [6.07, 6.45) is 5.08. The molecule has 0 amide bonds. The summed E-state index contributed by atoms with van der Waals surface area (Å²) in [5, 5.41) is 0. The van der Waals surface area contributed by atoms with Gasteiger partial charge in [-0.2, -0.15) is 11.8 Å². The fourth-order valence-corrected chi connectivity index (χ4v) is 2.61. The first-order valence-corrected chi connectivity index (χ1v) is 5.82. The summed E-state index contributed by atoms with van der Waals surface area (Å²) in [5.74, 6) is 2.15. The van der Waals surface area contributed by atoms with Crippen LogP contribution in [0.25, 0.3) is 0 Å². The molecule has 16 heavy (non-hydrogen) atoms. The zero-order valence-electron chi connectivity index (χ0n) is 11.9. The van der Waals surface area contributed by atoms with Gasteiger partial charge in [0.1, 0.15) is 0 Å². The van der Waals surface area contributed by atoms with Gasteiger partial charge in [0.05, 0.1) is 0 Å². The van der Waals surface area contributed by atoms with Gasteiger partial charge >= 0.3 is 0 Å². The number of hydrogen-bond donors (Lipinski definition) is 0.